The molecule has 11 heavy (non-hydrogen) atoms. The van der Waals surface area contributed by atoms with Gasteiger partial charge in [-0.05, 0) is 12.8 Å². The molecule has 0 radical (unpaired) electrons. The smallest absolute Gasteiger partial charge is 0.0768 e. The molecular weight excluding hydrogens is 142 g/mol. The molecule has 0 aromatic carbocycles. The first-order valence-corrected chi connectivity index (χ1v) is 4.40. The second-order valence-electron chi connectivity index (χ2n) is 3.82. The van der Waals surface area contributed by atoms with Gasteiger partial charge in [-0.15, -0.1) is 0 Å². The van der Waals surface area contributed by atoms with E-state index in [2.05, 4.69) is 5.06 Å². The molecule has 3 aliphatic rings. The highest BCUT2D eigenvalue weighted by molar-refractivity contribution is 5.03. The molecule has 0 saturated carbocycles. The Morgan fingerprint density at radius 2 is 2.36 bits per heavy atom. The summed E-state index contributed by atoms with van der Waals surface area (Å²) in [7, 11) is 0. The minimum atomic E-state index is 0.306. The molecule has 0 N–H and O–H groups in total. The van der Waals surface area contributed by atoms with E-state index in [1.807, 2.05) is 0 Å². The normalized spacial score (nSPS) is 49.6. The first-order chi connectivity index (χ1) is 5.42. The molecule has 3 heteroatoms. The van der Waals surface area contributed by atoms with Gasteiger partial charge in [0.1, 0.15) is 0 Å². The van der Waals surface area contributed by atoms with E-state index < -0.39 is 0 Å². The van der Waals surface area contributed by atoms with Crippen LogP contribution < -0.4 is 0 Å². The van der Waals surface area contributed by atoms with Crippen LogP contribution in [0.2, 0.25) is 0 Å². The summed E-state index contributed by atoms with van der Waals surface area (Å²) in [6.45, 7) is 3.81. The topological polar surface area (TPSA) is 21.7 Å². The molecular formula is C8H13NO2. The summed E-state index contributed by atoms with van der Waals surface area (Å²) < 4.78 is 5.49. The highest BCUT2D eigenvalue weighted by atomic mass is 16.7. The van der Waals surface area contributed by atoms with E-state index in [0.29, 0.717) is 11.5 Å². The number of rotatable bonds is 0. The maximum Gasteiger partial charge on any atom is 0.0768 e. The maximum absolute atomic E-state index is 5.59. The van der Waals surface area contributed by atoms with Gasteiger partial charge in [-0.1, -0.05) is 0 Å². The number of hydrogen-bond acceptors (Lipinski definition) is 3. The Morgan fingerprint density at radius 3 is 3.36 bits per heavy atom. The highest BCUT2D eigenvalue weighted by Crippen LogP contribution is 2.44. The second-order valence-corrected chi connectivity index (χ2v) is 3.82. The van der Waals surface area contributed by atoms with Gasteiger partial charge >= 0.3 is 0 Å². The monoisotopic (exact) mass is 155 g/mol. The number of ether oxygens (including phenoxy) is 1. The Morgan fingerprint density at radius 1 is 1.36 bits per heavy atom. The van der Waals surface area contributed by atoms with Crippen LogP contribution in [0, 0.1) is 5.92 Å². The van der Waals surface area contributed by atoms with Crippen molar-refractivity contribution >= 4 is 0 Å². The third-order valence-corrected chi connectivity index (χ3v) is 3.33. The number of hydrogen-bond donors (Lipinski definition) is 0. The zero-order valence-corrected chi connectivity index (χ0v) is 6.58. The van der Waals surface area contributed by atoms with Gasteiger partial charge in [0, 0.05) is 12.5 Å². The molecule has 3 aliphatic heterocycles. The maximum atomic E-state index is 5.59. The largest absolute Gasteiger partial charge is 0.379 e. The van der Waals surface area contributed by atoms with Crippen LogP contribution in [0.25, 0.3) is 0 Å². The Balaban J connectivity index is 1.97. The minimum Gasteiger partial charge on any atom is -0.379 e. The second kappa shape index (κ2) is 1.97. The van der Waals surface area contributed by atoms with Crippen molar-refractivity contribution < 1.29 is 9.57 Å². The molecule has 0 aromatic rings. The van der Waals surface area contributed by atoms with Gasteiger partial charge in [0.05, 0.1) is 25.4 Å². The molecule has 3 fully saturated rings. The van der Waals surface area contributed by atoms with Crippen LogP contribution in [0.15, 0.2) is 0 Å². The van der Waals surface area contributed by atoms with Crippen molar-refractivity contribution in [1.29, 1.82) is 0 Å². The lowest BCUT2D eigenvalue weighted by Crippen LogP contribution is -2.42. The van der Waals surface area contributed by atoms with Crippen molar-refractivity contribution in [3.63, 3.8) is 0 Å². The lowest BCUT2D eigenvalue weighted by atomic mass is 9.87. The molecule has 3 saturated heterocycles. The van der Waals surface area contributed by atoms with Crippen molar-refractivity contribution in [3.8, 4) is 0 Å². The van der Waals surface area contributed by atoms with Crippen molar-refractivity contribution in [3.05, 3.63) is 0 Å². The summed E-state index contributed by atoms with van der Waals surface area (Å²) in [4.78, 5) is 5.59. The quantitative estimate of drug-likeness (QED) is 0.506. The Kier molecular flexibility index (Phi) is 1.15. The van der Waals surface area contributed by atoms with Crippen molar-refractivity contribution in [2.75, 3.05) is 26.4 Å². The van der Waals surface area contributed by atoms with Crippen LogP contribution in [0.4, 0.5) is 0 Å². The third kappa shape index (κ3) is 0.643. The fourth-order valence-corrected chi connectivity index (χ4v) is 2.66. The fourth-order valence-electron chi connectivity index (χ4n) is 2.66. The third-order valence-electron chi connectivity index (χ3n) is 3.33. The molecule has 62 valence electrons. The van der Waals surface area contributed by atoms with E-state index in [-0.39, 0.29) is 0 Å². The summed E-state index contributed by atoms with van der Waals surface area (Å²) >= 11 is 0. The molecule has 3 heterocycles. The van der Waals surface area contributed by atoms with E-state index in [0.717, 1.165) is 26.4 Å². The van der Waals surface area contributed by atoms with Gasteiger partial charge in [0.25, 0.3) is 0 Å². The standard InChI is InChI=1S/C8H13NO2/c1-2-8-6-10-4-7(8)5-11-9(8)3-1/h7H,1-6H2/t7-,8-/m0/s1. The molecule has 2 atom stereocenters. The Labute approximate surface area is 66.2 Å². The van der Waals surface area contributed by atoms with E-state index in [1.165, 1.54) is 12.8 Å². The van der Waals surface area contributed by atoms with Crippen molar-refractivity contribution in [2.24, 2.45) is 5.92 Å². The van der Waals surface area contributed by atoms with E-state index in [9.17, 15) is 0 Å². The fraction of sp³-hybridized carbons (Fsp3) is 1.00. The molecule has 0 aliphatic carbocycles. The van der Waals surface area contributed by atoms with Crippen LogP contribution in [0.3, 0.4) is 0 Å². The first kappa shape index (κ1) is 6.40. The summed E-state index contributed by atoms with van der Waals surface area (Å²) in [6, 6.07) is 0. The number of nitrogens with zero attached hydrogens (tertiary/aromatic N) is 1. The first-order valence-electron chi connectivity index (χ1n) is 4.40. The zero-order chi connectivity index (χ0) is 7.31. The van der Waals surface area contributed by atoms with Gasteiger partial charge < -0.3 is 4.74 Å². The summed E-state index contributed by atoms with van der Waals surface area (Å²) in [5.41, 5.74) is 0.306. The predicted molar refractivity (Wildman–Crippen MR) is 38.9 cm³/mol. The van der Waals surface area contributed by atoms with Crippen LogP contribution >= 0.6 is 0 Å². The molecule has 0 amide bonds. The van der Waals surface area contributed by atoms with Crippen LogP contribution in [0.5, 0.6) is 0 Å². The van der Waals surface area contributed by atoms with Crippen LogP contribution in [0.1, 0.15) is 12.8 Å². The molecule has 0 bridgehead atoms. The van der Waals surface area contributed by atoms with Crippen LogP contribution in [-0.4, -0.2) is 37.0 Å². The molecule has 0 unspecified atom stereocenters. The van der Waals surface area contributed by atoms with Gasteiger partial charge in [-0.25, -0.2) is 0 Å². The van der Waals surface area contributed by atoms with E-state index >= 15 is 0 Å². The summed E-state index contributed by atoms with van der Waals surface area (Å²) in [5, 5.41) is 2.17. The van der Waals surface area contributed by atoms with Gasteiger partial charge in [0.2, 0.25) is 0 Å². The lowest BCUT2D eigenvalue weighted by molar-refractivity contribution is -0.151. The van der Waals surface area contributed by atoms with E-state index in [4.69, 9.17) is 9.57 Å². The number of hydroxylamine groups is 2. The zero-order valence-electron chi connectivity index (χ0n) is 6.58. The molecule has 3 rings (SSSR count). The minimum absolute atomic E-state index is 0.306. The molecule has 0 aromatic heterocycles. The summed E-state index contributed by atoms with van der Waals surface area (Å²) in [6.07, 6.45) is 2.55. The SMILES string of the molecule is C1CN2OC[C@@H]3COC[C@@]32C1. The molecule has 3 nitrogen and oxygen atoms in total. The van der Waals surface area contributed by atoms with Crippen molar-refractivity contribution in [1.82, 2.24) is 5.06 Å². The predicted octanol–water partition coefficient (Wildman–Crippen LogP) is 0.413. The van der Waals surface area contributed by atoms with E-state index in [1.54, 1.807) is 0 Å². The average molecular weight is 155 g/mol. The Hall–Kier alpha value is -0.120. The van der Waals surface area contributed by atoms with Gasteiger partial charge in [0.15, 0.2) is 0 Å². The van der Waals surface area contributed by atoms with Crippen LogP contribution in [-0.2, 0) is 9.57 Å². The van der Waals surface area contributed by atoms with Crippen molar-refractivity contribution in [2.45, 2.75) is 18.4 Å². The highest BCUT2D eigenvalue weighted by Gasteiger charge is 2.56. The Bertz CT molecular complexity index is 163. The van der Waals surface area contributed by atoms with Gasteiger partial charge in [-0.2, -0.15) is 5.06 Å². The average Bonchev–Trinajstić information content (AvgIpc) is 2.55. The molecule has 1 spiro atoms. The lowest BCUT2D eigenvalue weighted by Gasteiger charge is -2.26. The van der Waals surface area contributed by atoms with Gasteiger partial charge in [-0.3, -0.25) is 4.84 Å². The summed E-state index contributed by atoms with van der Waals surface area (Å²) in [5.74, 6) is 0.657.